The van der Waals surface area contributed by atoms with Gasteiger partial charge in [0.1, 0.15) is 0 Å². The standard InChI is InChI=1S/C20H23NO3S/c1-14-4-7-17(8-5-14)25-11-10-20(23)24-13-19(22)21-18-9-6-15(2)12-16(18)3/h4-9,12H,10-11,13H2,1-3H3,(H,21,22). The summed E-state index contributed by atoms with van der Waals surface area (Å²) in [6, 6.07) is 13.9. The summed E-state index contributed by atoms with van der Waals surface area (Å²) >= 11 is 1.60. The van der Waals surface area contributed by atoms with Crippen molar-refractivity contribution < 1.29 is 14.3 Å². The van der Waals surface area contributed by atoms with Crippen molar-refractivity contribution in [2.45, 2.75) is 32.1 Å². The van der Waals surface area contributed by atoms with Crippen molar-refractivity contribution >= 4 is 29.3 Å². The number of hydrogen-bond donors (Lipinski definition) is 1. The highest BCUT2D eigenvalue weighted by Gasteiger charge is 2.09. The lowest BCUT2D eigenvalue weighted by Crippen LogP contribution is -2.21. The number of thioether (sulfide) groups is 1. The molecule has 0 bridgehead atoms. The van der Waals surface area contributed by atoms with Gasteiger partial charge < -0.3 is 10.1 Å². The molecule has 2 rings (SSSR count). The van der Waals surface area contributed by atoms with Crippen LogP contribution in [0.25, 0.3) is 0 Å². The van der Waals surface area contributed by atoms with Gasteiger partial charge >= 0.3 is 5.97 Å². The number of carbonyl (C=O) groups is 2. The molecule has 5 heteroatoms. The van der Waals surface area contributed by atoms with Crippen LogP contribution in [0.1, 0.15) is 23.1 Å². The first-order valence-electron chi connectivity index (χ1n) is 8.16. The second kappa shape index (κ2) is 9.28. The largest absolute Gasteiger partial charge is 0.456 e. The highest BCUT2D eigenvalue weighted by atomic mass is 32.2. The number of ether oxygens (including phenoxy) is 1. The summed E-state index contributed by atoms with van der Waals surface area (Å²) in [4.78, 5) is 24.7. The van der Waals surface area contributed by atoms with Gasteiger partial charge in [0, 0.05) is 16.3 Å². The molecule has 2 aromatic carbocycles. The lowest BCUT2D eigenvalue weighted by Gasteiger charge is -2.09. The van der Waals surface area contributed by atoms with Crippen LogP contribution in [0.3, 0.4) is 0 Å². The van der Waals surface area contributed by atoms with Crippen molar-refractivity contribution in [2.24, 2.45) is 0 Å². The zero-order chi connectivity index (χ0) is 18.2. The number of benzene rings is 2. The van der Waals surface area contributed by atoms with E-state index in [-0.39, 0.29) is 24.9 Å². The average Bonchev–Trinajstić information content (AvgIpc) is 2.57. The first-order chi connectivity index (χ1) is 11.9. The molecule has 25 heavy (non-hydrogen) atoms. The second-order valence-corrected chi connectivity index (χ2v) is 7.11. The van der Waals surface area contributed by atoms with Crippen LogP contribution >= 0.6 is 11.8 Å². The summed E-state index contributed by atoms with van der Waals surface area (Å²) in [5.41, 5.74) is 4.06. The topological polar surface area (TPSA) is 55.4 Å². The fourth-order valence-corrected chi connectivity index (χ4v) is 3.08. The molecule has 0 spiro atoms. The summed E-state index contributed by atoms with van der Waals surface area (Å²) in [6.07, 6.45) is 0.273. The third kappa shape index (κ3) is 6.63. The second-order valence-electron chi connectivity index (χ2n) is 5.94. The van der Waals surface area contributed by atoms with Gasteiger partial charge in [0.2, 0.25) is 0 Å². The molecule has 0 atom stereocenters. The van der Waals surface area contributed by atoms with Gasteiger partial charge in [0.25, 0.3) is 5.91 Å². The van der Waals surface area contributed by atoms with Crippen LogP contribution in [0.4, 0.5) is 5.69 Å². The summed E-state index contributed by atoms with van der Waals surface area (Å²) < 4.78 is 5.03. The number of rotatable bonds is 7. The van der Waals surface area contributed by atoms with E-state index in [9.17, 15) is 9.59 Å². The van der Waals surface area contributed by atoms with Crippen LogP contribution in [0.5, 0.6) is 0 Å². The summed E-state index contributed by atoms with van der Waals surface area (Å²) in [5.74, 6) is -0.0671. The van der Waals surface area contributed by atoms with E-state index in [1.54, 1.807) is 11.8 Å². The molecule has 4 nitrogen and oxygen atoms in total. The van der Waals surface area contributed by atoms with E-state index in [0.717, 1.165) is 21.7 Å². The van der Waals surface area contributed by atoms with Crippen molar-refractivity contribution in [2.75, 3.05) is 17.7 Å². The van der Waals surface area contributed by atoms with E-state index in [1.165, 1.54) is 5.56 Å². The molecule has 1 amide bonds. The molecule has 0 saturated heterocycles. The first kappa shape index (κ1) is 19.1. The Kier molecular flexibility index (Phi) is 7.07. The minimum atomic E-state index is -0.365. The number of carbonyl (C=O) groups excluding carboxylic acids is 2. The fraction of sp³-hybridized carbons (Fsp3) is 0.300. The molecule has 0 unspecified atom stereocenters. The number of anilines is 1. The number of amides is 1. The van der Waals surface area contributed by atoms with Crippen LogP contribution in [0.2, 0.25) is 0 Å². The molecule has 2 aromatic rings. The average molecular weight is 357 g/mol. The van der Waals surface area contributed by atoms with E-state index >= 15 is 0 Å². The maximum Gasteiger partial charge on any atom is 0.307 e. The van der Waals surface area contributed by atoms with E-state index in [2.05, 4.69) is 5.32 Å². The molecule has 1 N–H and O–H groups in total. The number of nitrogens with one attached hydrogen (secondary N) is 1. The molecule has 0 aliphatic carbocycles. The molecule has 0 aliphatic heterocycles. The zero-order valence-electron chi connectivity index (χ0n) is 14.8. The highest BCUT2D eigenvalue weighted by molar-refractivity contribution is 7.99. The van der Waals surface area contributed by atoms with Crippen LogP contribution in [0, 0.1) is 20.8 Å². The Morgan fingerprint density at radius 2 is 1.68 bits per heavy atom. The van der Waals surface area contributed by atoms with Gasteiger partial charge in [0.15, 0.2) is 6.61 Å². The number of aryl methyl sites for hydroxylation is 3. The molecular formula is C20H23NO3S. The Labute approximate surface area is 153 Å². The molecule has 0 saturated carbocycles. The van der Waals surface area contributed by atoms with E-state index in [1.807, 2.05) is 63.2 Å². The van der Waals surface area contributed by atoms with Crippen LogP contribution < -0.4 is 5.32 Å². The van der Waals surface area contributed by atoms with Crippen molar-refractivity contribution in [1.29, 1.82) is 0 Å². The van der Waals surface area contributed by atoms with E-state index in [4.69, 9.17) is 4.74 Å². The van der Waals surface area contributed by atoms with Gasteiger partial charge in [-0.25, -0.2) is 0 Å². The Morgan fingerprint density at radius 1 is 1.00 bits per heavy atom. The summed E-state index contributed by atoms with van der Waals surface area (Å²) in [7, 11) is 0. The van der Waals surface area contributed by atoms with Gasteiger partial charge in [-0.1, -0.05) is 35.4 Å². The minimum absolute atomic E-state index is 0.263. The van der Waals surface area contributed by atoms with Crippen LogP contribution in [-0.2, 0) is 14.3 Å². The summed E-state index contributed by atoms with van der Waals surface area (Å²) in [6.45, 7) is 5.70. The monoisotopic (exact) mass is 357 g/mol. The Hall–Kier alpha value is -2.27. The van der Waals surface area contributed by atoms with Gasteiger partial charge in [-0.15, -0.1) is 11.8 Å². The number of hydrogen-bond acceptors (Lipinski definition) is 4. The maximum atomic E-state index is 11.9. The Morgan fingerprint density at radius 3 is 2.36 bits per heavy atom. The van der Waals surface area contributed by atoms with Gasteiger partial charge in [-0.3, -0.25) is 9.59 Å². The van der Waals surface area contributed by atoms with E-state index < -0.39 is 0 Å². The lowest BCUT2D eigenvalue weighted by atomic mass is 10.1. The third-order valence-electron chi connectivity index (χ3n) is 3.62. The molecule has 0 heterocycles. The van der Waals surface area contributed by atoms with Crippen molar-refractivity contribution in [3.05, 3.63) is 59.2 Å². The predicted octanol–water partition coefficient (Wildman–Crippen LogP) is 4.28. The van der Waals surface area contributed by atoms with Gasteiger partial charge in [-0.2, -0.15) is 0 Å². The zero-order valence-corrected chi connectivity index (χ0v) is 15.6. The van der Waals surface area contributed by atoms with Gasteiger partial charge in [-0.05, 0) is 44.5 Å². The molecule has 0 fully saturated rings. The lowest BCUT2D eigenvalue weighted by molar-refractivity contribution is -0.146. The maximum absolute atomic E-state index is 11.9. The number of esters is 1. The molecule has 0 aliphatic rings. The normalized spacial score (nSPS) is 10.4. The molecule has 0 aromatic heterocycles. The minimum Gasteiger partial charge on any atom is -0.456 e. The predicted molar refractivity (Wildman–Crippen MR) is 102 cm³/mol. The first-order valence-corrected chi connectivity index (χ1v) is 9.15. The summed E-state index contributed by atoms with van der Waals surface area (Å²) in [5, 5.41) is 2.76. The van der Waals surface area contributed by atoms with E-state index in [0.29, 0.717) is 5.75 Å². The quantitative estimate of drug-likeness (QED) is 0.594. The molecular weight excluding hydrogens is 334 g/mol. The van der Waals surface area contributed by atoms with Gasteiger partial charge in [0.05, 0.1) is 6.42 Å². The Balaban J connectivity index is 1.68. The van der Waals surface area contributed by atoms with Crippen molar-refractivity contribution in [3.63, 3.8) is 0 Å². The SMILES string of the molecule is Cc1ccc(SCCC(=O)OCC(=O)Nc2ccc(C)cc2C)cc1. The fourth-order valence-electron chi connectivity index (χ4n) is 2.25. The van der Waals surface area contributed by atoms with Crippen LogP contribution in [0.15, 0.2) is 47.4 Å². The van der Waals surface area contributed by atoms with Crippen molar-refractivity contribution in [3.8, 4) is 0 Å². The molecule has 132 valence electrons. The smallest absolute Gasteiger partial charge is 0.307 e. The third-order valence-corrected chi connectivity index (χ3v) is 4.63. The van der Waals surface area contributed by atoms with Crippen LogP contribution in [-0.4, -0.2) is 24.2 Å². The molecule has 0 radical (unpaired) electrons. The van der Waals surface area contributed by atoms with Crippen molar-refractivity contribution in [1.82, 2.24) is 0 Å². The highest BCUT2D eigenvalue weighted by Crippen LogP contribution is 2.19. The Bertz CT molecular complexity index is 741.